The molecular weight excluding hydrogens is 280 g/mol. The van der Waals surface area contributed by atoms with E-state index < -0.39 is 0 Å². The van der Waals surface area contributed by atoms with Gasteiger partial charge in [-0.1, -0.05) is 19.1 Å². The van der Waals surface area contributed by atoms with E-state index in [1.807, 2.05) is 29.2 Å². The normalized spacial score (nSPS) is 24.0. The van der Waals surface area contributed by atoms with Crippen LogP contribution in [0.2, 0.25) is 0 Å². The molecule has 2 unspecified atom stereocenters. The Hall–Kier alpha value is -1.88. The number of carbonyl (C=O) groups is 2. The van der Waals surface area contributed by atoms with Crippen molar-refractivity contribution >= 4 is 17.5 Å². The third kappa shape index (κ3) is 3.30. The second-order valence-electron chi connectivity index (χ2n) is 5.93. The first-order chi connectivity index (χ1) is 10.7. The first-order valence-electron chi connectivity index (χ1n) is 7.95. The summed E-state index contributed by atoms with van der Waals surface area (Å²) in [6.45, 7) is 4.57. The Kier molecular flexibility index (Phi) is 4.43. The maximum Gasteiger partial charge on any atom is 0.228 e. The maximum absolute atomic E-state index is 12.3. The van der Waals surface area contributed by atoms with E-state index in [1.165, 1.54) is 5.56 Å². The smallest absolute Gasteiger partial charge is 0.228 e. The van der Waals surface area contributed by atoms with E-state index in [9.17, 15) is 9.59 Å². The lowest BCUT2D eigenvalue weighted by molar-refractivity contribution is -0.137. The molecule has 1 aliphatic heterocycles. The highest BCUT2D eigenvalue weighted by atomic mass is 16.5. The predicted octanol–water partition coefficient (Wildman–Crippen LogP) is 1.68. The van der Waals surface area contributed by atoms with E-state index in [-0.39, 0.29) is 23.7 Å². The molecule has 118 valence electrons. The molecule has 1 aromatic carbocycles. The van der Waals surface area contributed by atoms with Gasteiger partial charge in [0.15, 0.2) is 0 Å². The lowest BCUT2D eigenvalue weighted by atomic mass is 10.1. The van der Waals surface area contributed by atoms with Gasteiger partial charge in [0.25, 0.3) is 0 Å². The van der Waals surface area contributed by atoms with Gasteiger partial charge in [0, 0.05) is 18.8 Å². The Morgan fingerprint density at radius 1 is 1.18 bits per heavy atom. The highest BCUT2D eigenvalue weighted by Crippen LogP contribution is 2.41. The van der Waals surface area contributed by atoms with Gasteiger partial charge in [-0.2, -0.15) is 0 Å². The quantitative estimate of drug-likeness (QED) is 0.920. The highest BCUT2D eigenvalue weighted by molar-refractivity contribution is 5.99. The minimum atomic E-state index is -0.179. The van der Waals surface area contributed by atoms with Crippen LogP contribution in [-0.2, 0) is 20.7 Å². The topological polar surface area (TPSA) is 58.6 Å². The van der Waals surface area contributed by atoms with Crippen molar-refractivity contribution in [3.8, 4) is 0 Å². The van der Waals surface area contributed by atoms with Gasteiger partial charge >= 0.3 is 0 Å². The Bertz CT molecular complexity index is 550. The third-order valence-corrected chi connectivity index (χ3v) is 4.40. The Labute approximate surface area is 130 Å². The maximum atomic E-state index is 12.3. The highest BCUT2D eigenvalue weighted by Gasteiger charge is 2.49. The molecule has 2 amide bonds. The number of anilines is 1. The van der Waals surface area contributed by atoms with Crippen molar-refractivity contribution in [2.45, 2.75) is 19.8 Å². The van der Waals surface area contributed by atoms with Crippen molar-refractivity contribution in [1.82, 2.24) is 4.90 Å². The molecule has 1 saturated carbocycles. The number of hydrogen-bond acceptors (Lipinski definition) is 3. The summed E-state index contributed by atoms with van der Waals surface area (Å²) in [4.78, 5) is 26.3. The van der Waals surface area contributed by atoms with E-state index in [4.69, 9.17) is 4.74 Å². The average Bonchev–Trinajstić information content (AvgIpc) is 3.36. The van der Waals surface area contributed by atoms with Gasteiger partial charge in [-0.3, -0.25) is 9.59 Å². The van der Waals surface area contributed by atoms with E-state index >= 15 is 0 Å². The van der Waals surface area contributed by atoms with Crippen LogP contribution in [0.1, 0.15) is 18.9 Å². The molecule has 0 radical (unpaired) electrons. The minimum absolute atomic E-state index is 0.0455. The standard InChI is InChI=1S/C17H22N2O3/c1-2-12-3-5-13(6-4-12)18-16(20)14-11-15(14)17(21)19-7-9-22-10-8-19/h3-6,14-15H,2,7-11H2,1H3,(H,18,20). The first kappa shape index (κ1) is 15.0. The summed E-state index contributed by atoms with van der Waals surface area (Å²) in [5.41, 5.74) is 2.04. The molecule has 0 aromatic heterocycles. The lowest BCUT2D eigenvalue weighted by Crippen LogP contribution is -2.42. The fourth-order valence-corrected chi connectivity index (χ4v) is 2.83. The first-order valence-corrected chi connectivity index (χ1v) is 7.95. The second kappa shape index (κ2) is 6.48. The Morgan fingerprint density at radius 2 is 1.86 bits per heavy atom. The van der Waals surface area contributed by atoms with Crippen LogP contribution in [0.15, 0.2) is 24.3 Å². The zero-order valence-corrected chi connectivity index (χ0v) is 12.9. The lowest BCUT2D eigenvalue weighted by Gasteiger charge is -2.27. The minimum Gasteiger partial charge on any atom is -0.378 e. The van der Waals surface area contributed by atoms with E-state index in [1.54, 1.807) is 0 Å². The van der Waals surface area contributed by atoms with Gasteiger partial charge in [0.05, 0.1) is 25.0 Å². The largest absolute Gasteiger partial charge is 0.378 e. The molecule has 0 spiro atoms. The van der Waals surface area contributed by atoms with Crippen LogP contribution in [0, 0.1) is 11.8 Å². The fraction of sp³-hybridized carbons (Fsp3) is 0.529. The molecule has 22 heavy (non-hydrogen) atoms. The summed E-state index contributed by atoms with van der Waals surface area (Å²) < 4.78 is 5.25. The van der Waals surface area contributed by atoms with Gasteiger partial charge in [0.1, 0.15) is 0 Å². The SMILES string of the molecule is CCc1ccc(NC(=O)C2CC2C(=O)N2CCOCC2)cc1. The number of aryl methyl sites for hydroxylation is 1. The zero-order valence-electron chi connectivity index (χ0n) is 12.9. The summed E-state index contributed by atoms with van der Waals surface area (Å²) in [5, 5.41) is 2.91. The van der Waals surface area contributed by atoms with E-state index in [0.29, 0.717) is 32.7 Å². The molecule has 1 aliphatic carbocycles. The second-order valence-corrected chi connectivity index (χ2v) is 5.93. The van der Waals surface area contributed by atoms with Crippen LogP contribution in [0.3, 0.4) is 0 Å². The molecule has 2 aliphatic rings. The van der Waals surface area contributed by atoms with Crippen LogP contribution in [0.5, 0.6) is 0 Å². The van der Waals surface area contributed by atoms with Crippen LogP contribution < -0.4 is 5.32 Å². The molecule has 1 N–H and O–H groups in total. The van der Waals surface area contributed by atoms with Crippen LogP contribution >= 0.6 is 0 Å². The third-order valence-electron chi connectivity index (χ3n) is 4.40. The van der Waals surface area contributed by atoms with Crippen LogP contribution in [-0.4, -0.2) is 43.0 Å². The molecule has 5 heteroatoms. The van der Waals surface area contributed by atoms with Gasteiger partial charge in [-0.15, -0.1) is 0 Å². The fourth-order valence-electron chi connectivity index (χ4n) is 2.83. The summed E-state index contributed by atoms with van der Waals surface area (Å²) in [5.74, 6) is -0.269. The summed E-state index contributed by atoms with van der Waals surface area (Å²) >= 11 is 0. The van der Waals surface area contributed by atoms with E-state index in [0.717, 1.165) is 12.1 Å². The zero-order chi connectivity index (χ0) is 15.5. The molecule has 5 nitrogen and oxygen atoms in total. The average molecular weight is 302 g/mol. The van der Waals surface area contributed by atoms with Crippen molar-refractivity contribution in [3.63, 3.8) is 0 Å². The number of carbonyl (C=O) groups excluding carboxylic acids is 2. The number of nitrogens with one attached hydrogen (secondary N) is 1. The van der Waals surface area contributed by atoms with Crippen molar-refractivity contribution in [2.24, 2.45) is 11.8 Å². The van der Waals surface area contributed by atoms with Crippen LogP contribution in [0.25, 0.3) is 0 Å². The van der Waals surface area contributed by atoms with Gasteiger partial charge in [-0.05, 0) is 30.5 Å². The molecule has 1 saturated heterocycles. The van der Waals surface area contributed by atoms with Gasteiger partial charge in [-0.25, -0.2) is 0 Å². The Balaban J connectivity index is 1.52. The monoisotopic (exact) mass is 302 g/mol. The van der Waals surface area contributed by atoms with Crippen molar-refractivity contribution in [1.29, 1.82) is 0 Å². The number of morpholine rings is 1. The summed E-state index contributed by atoms with van der Waals surface area (Å²) in [6.07, 6.45) is 1.64. The number of hydrogen-bond donors (Lipinski definition) is 1. The predicted molar refractivity (Wildman–Crippen MR) is 83.4 cm³/mol. The number of nitrogens with zero attached hydrogens (tertiary/aromatic N) is 1. The van der Waals surface area contributed by atoms with Crippen molar-refractivity contribution in [2.75, 3.05) is 31.6 Å². The van der Waals surface area contributed by atoms with Gasteiger partial charge in [0.2, 0.25) is 11.8 Å². The summed E-state index contributed by atoms with van der Waals surface area (Å²) in [6, 6.07) is 7.85. The van der Waals surface area contributed by atoms with Crippen molar-refractivity contribution < 1.29 is 14.3 Å². The number of rotatable bonds is 4. The molecule has 2 fully saturated rings. The molecule has 1 aromatic rings. The molecule has 2 atom stereocenters. The molecular formula is C17H22N2O3. The van der Waals surface area contributed by atoms with Crippen LogP contribution in [0.4, 0.5) is 5.69 Å². The number of amides is 2. The Morgan fingerprint density at radius 3 is 2.50 bits per heavy atom. The van der Waals surface area contributed by atoms with Crippen molar-refractivity contribution in [3.05, 3.63) is 29.8 Å². The summed E-state index contributed by atoms with van der Waals surface area (Å²) in [7, 11) is 0. The molecule has 0 bridgehead atoms. The van der Waals surface area contributed by atoms with E-state index in [2.05, 4.69) is 12.2 Å². The number of ether oxygens (including phenoxy) is 1. The molecule has 1 heterocycles. The molecule has 3 rings (SSSR count). The number of benzene rings is 1. The van der Waals surface area contributed by atoms with Gasteiger partial charge < -0.3 is 15.0 Å².